The molecule has 1 unspecified atom stereocenters. The summed E-state index contributed by atoms with van der Waals surface area (Å²) in [5.74, 6) is -0.737. The third-order valence-corrected chi connectivity index (χ3v) is 2.92. The maximum absolute atomic E-state index is 12.6. The summed E-state index contributed by atoms with van der Waals surface area (Å²) in [5, 5.41) is 2.65. The van der Waals surface area contributed by atoms with Crippen molar-refractivity contribution in [3.8, 4) is 0 Å². The van der Waals surface area contributed by atoms with Crippen molar-refractivity contribution in [1.82, 2.24) is 4.98 Å². The molecule has 1 aromatic carbocycles. The lowest BCUT2D eigenvalue weighted by molar-refractivity contribution is -0.116. The number of halogens is 1. The van der Waals surface area contributed by atoms with Gasteiger partial charge in [0.05, 0.1) is 11.9 Å². The van der Waals surface area contributed by atoms with Gasteiger partial charge in [-0.25, -0.2) is 4.98 Å². The molecule has 5 heteroatoms. The van der Waals surface area contributed by atoms with Crippen LogP contribution in [0.25, 0.3) is 0 Å². The van der Waals surface area contributed by atoms with E-state index < -0.39 is 5.95 Å². The number of hydrogen-bond donors (Lipinski definition) is 2. The molecule has 3 N–H and O–H groups in total. The van der Waals surface area contributed by atoms with Gasteiger partial charge in [0.2, 0.25) is 11.9 Å². The Morgan fingerprint density at radius 3 is 2.65 bits per heavy atom. The number of benzene rings is 1. The van der Waals surface area contributed by atoms with Crippen LogP contribution >= 0.6 is 0 Å². The van der Waals surface area contributed by atoms with Crippen molar-refractivity contribution in [2.75, 3.05) is 5.32 Å². The Balaban J connectivity index is 1.82. The topological polar surface area (TPSA) is 68.0 Å². The van der Waals surface area contributed by atoms with Crippen molar-refractivity contribution in [1.29, 1.82) is 0 Å². The first kappa shape index (κ1) is 14.1. The quantitative estimate of drug-likeness (QED) is 0.823. The lowest BCUT2D eigenvalue weighted by Crippen LogP contribution is -2.16. The molecule has 0 saturated heterocycles. The highest BCUT2D eigenvalue weighted by molar-refractivity contribution is 5.90. The fourth-order valence-electron chi connectivity index (χ4n) is 1.83. The van der Waals surface area contributed by atoms with Crippen LogP contribution in [0.5, 0.6) is 0 Å². The van der Waals surface area contributed by atoms with Crippen LogP contribution in [-0.4, -0.2) is 10.9 Å². The Hall–Kier alpha value is -2.27. The second-order valence-electron chi connectivity index (χ2n) is 4.47. The number of aromatic nitrogens is 1. The average Bonchev–Trinajstić information content (AvgIpc) is 2.48. The molecule has 4 nitrogen and oxygen atoms in total. The van der Waals surface area contributed by atoms with E-state index in [1.807, 2.05) is 30.3 Å². The number of nitrogens with one attached hydrogen (secondary N) is 1. The minimum Gasteiger partial charge on any atom is -0.325 e. The van der Waals surface area contributed by atoms with E-state index >= 15 is 0 Å². The van der Waals surface area contributed by atoms with E-state index in [-0.39, 0.29) is 11.9 Å². The summed E-state index contributed by atoms with van der Waals surface area (Å²) in [6.45, 7) is 0. The van der Waals surface area contributed by atoms with E-state index in [1.54, 1.807) is 0 Å². The first-order valence-corrected chi connectivity index (χ1v) is 6.37. The molecule has 0 saturated carbocycles. The Morgan fingerprint density at radius 1 is 1.25 bits per heavy atom. The maximum Gasteiger partial charge on any atom is 0.224 e. The molecule has 0 aliphatic heterocycles. The monoisotopic (exact) mass is 273 g/mol. The smallest absolute Gasteiger partial charge is 0.224 e. The van der Waals surface area contributed by atoms with Crippen molar-refractivity contribution < 1.29 is 9.18 Å². The van der Waals surface area contributed by atoms with Gasteiger partial charge in [-0.2, -0.15) is 4.39 Å². The van der Waals surface area contributed by atoms with Crippen LogP contribution in [0.3, 0.4) is 0 Å². The maximum atomic E-state index is 12.6. The first-order chi connectivity index (χ1) is 9.65. The van der Waals surface area contributed by atoms with Crippen LogP contribution in [0.15, 0.2) is 48.7 Å². The molecule has 0 bridgehead atoms. The highest BCUT2D eigenvalue weighted by atomic mass is 19.1. The minimum absolute atomic E-state index is 0.162. The number of nitrogens with two attached hydrogens (primary N) is 1. The molecule has 2 aromatic rings. The molecule has 1 amide bonds. The van der Waals surface area contributed by atoms with Gasteiger partial charge in [-0.05, 0) is 24.1 Å². The zero-order valence-electron chi connectivity index (χ0n) is 10.9. The van der Waals surface area contributed by atoms with Crippen LogP contribution in [-0.2, 0) is 4.79 Å². The van der Waals surface area contributed by atoms with Crippen LogP contribution in [0.1, 0.15) is 24.4 Å². The van der Waals surface area contributed by atoms with Gasteiger partial charge < -0.3 is 11.1 Å². The minimum atomic E-state index is -0.575. The fourth-order valence-corrected chi connectivity index (χ4v) is 1.83. The number of carbonyl (C=O) groups is 1. The van der Waals surface area contributed by atoms with E-state index in [4.69, 9.17) is 5.73 Å². The lowest BCUT2D eigenvalue weighted by Gasteiger charge is -2.11. The number of amides is 1. The lowest BCUT2D eigenvalue weighted by atomic mass is 10.0. The van der Waals surface area contributed by atoms with Crippen molar-refractivity contribution in [3.05, 3.63) is 60.2 Å². The highest BCUT2D eigenvalue weighted by Crippen LogP contribution is 2.15. The van der Waals surface area contributed by atoms with Gasteiger partial charge in [0.15, 0.2) is 0 Å². The Bertz CT molecular complexity index is 557. The third kappa shape index (κ3) is 4.13. The summed E-state index contributed by atoms with van der Waals surface area (Å²) in [6.07, 6.45) is 2.13. The van der Waals surface area contributed by atoms with Gasteiger partial charge in [0.25, 0.3) is 0 Å². The molecule has 0 fully saturated rings. The van der Waals surface area contributed by atoms with Gasteiger partial charge in [0.1, 0.15) is 0 Å². The second-order valence-corrected chi connectivity index (χ2v) is 4.47. The molecule has 20 heavy (non-hydrogen) atoms. The van der Waals surface area contributed by atoms with Crippen LogP contribution in [0.4, 0.5) is 10.1 Å². The van der Waals surface area contributed by atoms with Gasteiger partial charge in [-0.15, -0.1) is 0 Å². The molecule has 1 aromatic heterocycles. The van der Waals surface area contributed by atoms with E-state index in [0.717, 1.165) is 5.56 Å². The highest BCUT2D eigenvalue weighted by Gasteiger charge is 2.09. The van der Waals surface area contributed by atoms with E-state index in [0.29, 0.717) is 18.5 Å². The van der Waals surface area contributed by atoms with Gasteiger partial charge >= 0.3 is 0 Å². The summed E-state index contributed by atoms with van der Waals surface area (Å²) in [5.41, 5.74) is 7.49. The third-order valence-electron chi connectivity index (χ3n) is 2.92. The largest absolute Gasteiger partial charge is 0.325 e. The summed E-state index contributed by atoms with van der Waals surface area (Å²) in [4.78, 5) is 15.2. The zero-order valence-corrected chi connectivity index (χ0v) is 10.9. The molecule has 104 valence electrons. The van der Waals surface area contributed by atoms with Crippen molar-refractivity contribution >= 4 is 11.6 Å². The number of pyridine rings is 1. The molecule has 1 atom stereocenters. The summed E-state index contributed by atoms with van der Waals surface area (Å²) in [6, 6.07) is 12.1. The number of carbonyl (C=O) groups excluding carboxylic acids is 1. The summed E-state index contributed by atoms with van der Waals surface area (Å²) < 4.78 is 12.6. The van der Waals surface area contributed by atoms with Crippen LogP contribution in [0, 0.1) is 5.95 Å². The number of hydrogen-bond acceptors (Lipinski definition) is 3. The Labute approximate surface area is 116 Å². The Morgan fingerprint density at radius 2 is 2.00 bits per heavy atom. The van der Waals surface area contributed by atoms with E-state index in [1.165, 1.54) is 18.3 Å². The molecule has 0 radical (unpaired) electrons. The van der Waals surface area contributed by atoms with Gasteiger partial charge in [0, 0.05) is 12.5 Å². The number of rotatable bonds is 5. The first-order valence-electron chi connectivity index (χ1n) is 6.37. The molecular weight excluding hydrogens is 257 g/mol. The van der Waals surface area contributed by atoms with Crippen molar-refractivity contribution in [2.24, 2.45) is 5.73 Å². The normalized spacial score (nSPS) is 11.9. The molecule has 0 aliphatic rings. The zero-order chi connectivity index (χ0) is 14.4. The average molecular weight is 273 g/mol. The summed E-state index contributed by atoms with van der Waals surface area (Å²) >= 11 is 0. The second kappa shape index (κ2) is 6.77. The predicted molar refractivity (Wildman–Crippen MR) is 75.4 cm³/mol. The standard InChI is InChI=1S/C15H16FN3O/c16-14-8-6-12(10-18-14)19-15(20)9-7-13(17)11-4-2-1-3-5-11/h1-6,8,10,13H,7,9,17H2,(H,19,20). The molecule has 2 rings (SSSR count). The summed E-state index contributed by atoms with van der Waals surface area (Å²) in [7, 11) is 0. The van der Waals surface area contributed by atoms with Gasteiger partial charge in [-0.1, -0.05) is 30.3 Å². The SMILES string of the molecule is NC(CCC(=O)Nc1ccc(F)nc1)c1ccccc1. The molecule has 1 heterocycles. The molecular formula is C15H16FN3O. The van der Waals surface area contributed by atoms with Crippen LogP contribution in [0.2, 0.25) is 0 Å². The fraction of sp³-hybridized carbons (Fsp3) is 0.200. The molecule has 0 spiro atoms. The van der Waals surface area contributed by atoms with Crippen molar-refractivity contribution in [2.45, 2.75) is 18.9 Å². The molecule has 0 aliphatic carbocycles. The van der Waals surface area contributed by atoms with Gasteiger partial charge in [-0.3, -0.25) is 4.79 Å². The van der Waals surface area contributed by atoms with E-state index in [2.05, 4.69) is 10.3 Å². The van der Waals surface area contributed by atoms with E-state index in [9.17, 15) is 9.18 Å². The Kier molecular flexibility index (Phi) is 4.79. The number of nitrogens with zero attached hydrogens (tertiary/aromatic N) is 1. The number of anilines is 1. The van der Waals surface area contributed by atoms with Crippen LogP contribution < -0.4 is 11.1 Å². The predicted octanol–water partition coefficient (Wildman–Crippen LogP) is 2.64. The van der Waals surface area contributed by atoms with Crippen molar-refractivity contribution in [3.63, 3.8) is 0 Å².